The first-order chi connectivity index (χ1) is 17.4. The van der Waals surface area contributed by atoms with Crippen molar-refractivity contribution in [2.75, 3.05) is 6.61 Å². The van der Waals surface area contributed by atoms with Gasteiger partial charge < -0.3 is 10.1 Å². The SMILES string of the molecule is C[C@@]1(C#N)COCc2ccc(C(=O)NCc3cc4nc(-c5cncc(C(F)F)n5)ccc4cn3)cc21. The Morgan fingerprint density at radius 2 is 2.03 bits per heavy atom. The Labute approximate surface area is 205 Å². The molecule has 8 nitrogen and oxygen atoms in total. The number of nitrogens with one attached hydrogen (secondary N) is 1. The maximum Gasteiger partial charge on any atom is 0.281 e. The van der Waals surface area contributed by atoms with Crippen LogP contribution in [-0.4, -0.2) is 32.4 Å². The van der Waals surface area contributed by atoms with E-state index in [2.05, 4.69) is 31.3 Å². The second-order valence-corrected chi connectivity index (χ2v) is 8.69. The van der Waals surface area contributed by atoms with Crippen LogP contribution in [0.1, 0.15) is 46.2 Å². The van der Waals surface area contributed by atoms with Crippen molar-refractivity contribution in [1.82, 2.24) is 25.3 Å². The Bertz CT molecular complexity index is 1520. The molecule has 10 heteroatoms. The molecule has 1 amide bonds. The molecule has 1 atom stereocenters. The van der Waals surface area contributed by atoms with Gasteiger partial charge in [-0.2, -0.15) is 5.26 Å². The number of pyridine rings is 2. The van der Waals surface area contributed by atoms with Gasteiger partial charge in [0.1, 0.15) is 16.8 Å². The lowest BCUT2D eigenvalue weighted by Gasteiger charge is -2.30. The summed E-state index contributed by atoms with van der Waals surface area (Å²) < 4.78 is 31.5. The third kappa shape index (κ3) is 4.48. The van der Waals surface area contributed by atoms with Gasteiger partial charge in [-0.1, -0.05) is 6.07 Å². The Balaban J connectivity index is 1.35. The number of ether oxygens (including phenoxy) is 1. The largest absolute Gasteiger partial charge is 0.375 e. The van der Waals surface area contributed by atoms with Crippen molar-refractivity contribution in [2.45, 2.75) is 31.9 Å². The number of amides is 1. The zero-order chi connectivity index (χ0) is 25.3. The van der Waals surface area contributed by atoms with Crippen LogP contribution in [0.15, 0.2) is 55.0 Å². The molecule has 0 unspecified atom stereocenters. The topological polar surface area (TPSA) is 114 Å². The number of hydrogen-bond donors (Lipinski definition) is 1. The third-order valence-corrected chi connectivity index (χ3v) is 6.06. The molecule has 1 aliphatic heterocycles. The molecule has 1 N–H and O–H groups in total. The molecule has 0 radical (unpaired) electrons. The molecule has 5 rings (SSSR count). The molecule has 0 saturated carbocycles. The van der Waals surface area contributed by atoms with Gasteiger partial charge in [0.15, 0.2) is 0 Å². The number of benzene rings is 1. The van der Waals surface area contributed by atoms with Crippen LogP contribution in [0, 0.1) is 11.3 Å². The van der Waals surface area contributed by atoms with Crippen LogP contribution in [0.2, 0.25) is 0 Å². The van der Waals surface area contributed by atoms with Gasteiger partial charge in [-0.25, -0.2) is 18.7 Å². The lowest BCUT2D eigenvalue weighted by Crippen LogP contribution is -2.33. The molecular formula is C26H20F2N6O2. The monoisotopic (exact) mass is 486 g/mol. The zero-order valence-electron chi connectivity index (χ0n) is 19.2. The lowest BCUT2D eigenvalue weighted by molar-refractivity contribution is 0.0757. The van der Waals surface area contributed by atoms with E-state index in [0.717, 1.165) is 22.7 Å². The van der Waals surface area contributed by atoms with Crippen LogP contribution in [0.5, 0.6) is 0 Å². The quantitative estimate of drug-likeness (QED) is 0.448. The van der Waals surface area contributed by atoms with Crippen molar-refractivity contribution in [3.05, 3.63) is 83.1 Å². The van der Waals surface area contributed by atoms with Gasteiger partial charge in [0.2, 0.25) is 0 Å². The van der Waals surface area contributed by atoms with Crippen molar-refractivity contribution in [3.8, 4) is 17.5 Å². The summed E-state index contributed by atoms with van der Waals surface area (Å²) in [5.41, 5.74) is 2.68. The van der Waals surface area contributed by atoms with Crippen molar-refractivity contribution in [2.24, 2.45) is 0 Å². The molecule has 0 fully saturated rings. The number of aromatic nitrogens is 4. The number of fused-ring (bicyclic) bond motifs is 2. The van der Waals surface area contributed by atoms with E-state index < -0.39 is 17.5 Å². The van der Waals surface area contributed by atoms with Gasteiger partial charge in [0.25, 0.3) is 12.3 Å². The molecule has 0 saturated heterocycles. The molecule has 3 aromatic heterocycles. The highest BCUT2D eigenvalue weighted by Gasteiger charge is 2.33. The van der Waals surface area contributed by atoms with E-state index in [4.69, 9.17) is 4.74 Å². The number of hydrogen-bond acceptors (Lipinski definition) is 7. The van der Waals surface area contributed by atoms with Gasteiger partial charge in [-0.15, -0.1) is 0 Å². The van der Waals surface area contributed by atoms with Crippen LogP contribution in [0.25, 0.3) is 22.3 Å². The average molecular weight is 486 g/mol. The highest BCUT2D eigenvalue weighted by atomic mass is 19.3. The lowest BCUT2D eigenvalue weighted by atomic mass is 9.79. The van der Waals surface area contributed by atoms with Gasteiger partial charge in [-0.05, 0) is 48.4 Å². The molecule has 36 heavy (non-hydrogen) atoms. The fourth-order valence-corrected chi connectivity index (χ4v) is 4.07. The maximum absolute atomic E-state index is 13.0. The van der Waals surface area contributed by atoms with E-state index in [0.29, 0.717) is 29.1 Å². The van der Waals surface area contributed by atoms with E-state index in [1.165, 1.54) is 6.20 Å². The molecule has 0 spiro atoms. The third-order valence-electron chi connectivity index (χ3n) is 6.06. The van der Waals surface area contributed by atoms with Gasteiger partial charge in [0, 0.05) is 17.1 Å². The van der Waals surface area contributed by atoms with Crippen LogP contribution in [0.4, 0.5) is 8.78 Å². The summed E-state index contributed by atoms with van der Waals surface area (Å²) in [6.45, 7) is 2.62. The van der Waals surface area contributed by atoms with E-state index >= 15 is 0 Å². The fraction of sp³-hybridized carbons (Fsp3) is 0.231. The number of halogens is 2. The van der Waals surface area contributed by atoms with Crippen molar-refractivity contribution >= 4 is 16.8 Å². The first-order valence-electron chi connectivity index (χ1n) is 11.1. The molecule has 4 aromatic rings. The van der Waals surface area contributed by atoms with E-state index in [9.17, 15) is 18.8 Å². The van der Waals surface area contributed by atoms with Gasteiger partial charge in [-0.3, -0.25) is 14.8 Å². The zero-order valence-corrected chi connectivity index (χ0v) is 19.2. The minimum atomic E-state index is -2.73. The van der Waals surface area contributed by atoms with Crippen molar-refractivity contribution in [3.63, 3.8) is 0 Å². The van der Waals surface area contributed by atoms with E-state index in [-0.39, 0.29) is 24.8 Å². The van der Waals surface area contributed by atoms with Crippen LogP contribution in [-0.2, 0) is 23.3 Å². The normalized spacial score (nSPS) is 17.0. The Hall–Kier alpha value is -4.36. The van der Waals surface area contributed by atoms with Crippen LogP contribution >= 0.6 is 0 Å². The van der Waals surface area contributed by atoms with Crippen molar-refractivity contribution < 1.29 is 18.3 Å². The number of nitriles is 1. The minimum Gasteiger partial charge on any atom is -0.375 e. The summed E-state index contributed by atoms with van der Waals surface area (Å²) in [4.78, 5) is 29.5. The summed E-state index contributed by atoms with van der Waals surface area (Å²) in [5, 5.41) is 13.2. The number of rotatable bonds is 5. The van der Waals surface area contributed by atoms with Crippen LogP contribution in [0.3, 0.4) is 0 Å². The Morgan fingerprint density at radius 3 is 2.83 bits per heavy atom. The first-order valence-corrected chi connectivity index (χ1v) is 11.1. The summed E-state index contributed by atoms with van der Waals surface area (Å²) in [7, 11) is 0. The maximum atomic E-state index is 13.0. The second kappa shape index (κ2) is 9.36. The molecule has 0 bridgehead atoms. The molecule has 180 valence electrons. The van der Waals surface area contributed by atoms with Crippen molar-refractivity contribution in [1.29, 1.82) is 5.26 Å². The first kappa shape index (κ1) is 23.4. The summed E-state index contributed by atoms with van der Waals surface area (Å²) in [6.07, 6.45) is 1.31. The smallest absolute Gasteiger partial charge is 0.281 e. The molecular weight excluding hydrogens is 466 g/mol. The highest BCUT2D eigenvalue weighted by molar-refractivity contribution is 5.94. The van der Waals surface area contributed by atoms with Gasteiger partial charge in [0.05, 0.1) is 55.1 Å². The van der Waals surface area contributed by atoms with Crippen LogP contribution < -0.4 is 5.32 Å². The summed E-state index contributed by atoms with van der Waals surface area (Å²) >= 11 is 0. The highest BCUT2D eigenvalue weighted by Crippen LogP contribution is 2.32. The molecule has 1 aliphatic rings. The number of alkyl halides is 2. The number of nitrogens with zero attached hydrogens (tertiary/aromatic N) is 5. The summed E-state index contributed by atoms with van der Waals surface area (Å²) in [6, 6.07) is 12.7. The molecule has 1 aromatic carbocycles. The molecule has 0 aliphatic carbocycles. The van der Waals surface area contributed by atoms with E-state index in [1.54, 1.807) is 43.5 Å². The summed E-state index contributed by atoms with van der Waals surface area (Å²) in [5.74, 6) is -0.299. The minimum absolute atomic E-state index is 0.150. The standard InChI is InChI=1S/C26H20F2N6O2/c1-26(13-29)14-36-12-17-3-2-15(6-19(17)26)25(35)32-9-18-7-21-16(8-31-18)4-5-20(33-21)22-10-30-11-23(34-22)24(27)28/h2-8,10-11,24H,9,12,14H2,1H3,(H,32,35)/t26-/m1/s1. The number of carbonyl (C=O) groups excluding carboxylic acids is 1. The second-order valence-electron chi connectivity index (χ2n) is 8.69. The predicted octanol–water partition coefficient (Wildman–Crippen LogP) is 4.27. The van der Waals surface area contributed by atoms with Gasteiger partial charge >= 0.3 is 0 Å². The Morgan fingerprint density at radius 1 is 1.17 bits per heavy atom. The average Bonchev–Trinajstić information content (AvgIpc) is 2.91. The molecule has 4 heterocycles. The predicted molar refractivity (Wildman–Crippen MR) is 126 cm³/mol. The Kier molecular flexibility index (Phi) is 6.08. The number of carbonyl (C=O) groups is 1. The fourth-order valence-electron chi connectivity index (χ4n) is 4.07. The van der Waals surface area contributed by atoms with E-state index in [1.807, 2.05) is 6.07 Å².